The van der Waals surface area contributed by atoms with E-state index in [9.17, 15) is 4.79 Å². The van der Waals surface area contributed by atoms with Crippen LogP contribution < -0.4 is 0 Å². The molecule has 0 aliphatic rings. The Morgan fingerprint density at radius 3 is 2.38 bits per heavy atom. The zero-order valence-electron chi connectivity index (χ0n) is 9.05. The van der Waals surface area contributed by atoms with E-state index in [1.54, 1.807) is 7.11 Å². The summed E-state index contributed by atoms with van der Waals surface area (Å²) in [5.41, 5.74) is 0.0458. The van der Waals surface area contributed by atoms with Gasteiger partial charge in [-0.05, 0) is 5.41 Å². The SMILES string of the molecule is CCC(C)(C)CC(=O)OCCOC. The fourth-order valence-corrected chi connectivity index (χ4v) is 0.806. The van der Waals surface area contributed by atoms with Gasteiger partial charge < -0.3 is 9.47 Å². The van der Waals surface area contributed by atoms with Gasteiger partial charge in [-0.25, -0.2) is 0 Å². The molecule has 0 atom stereocenters. The number of methoxy groups -OCH3 is 1. The zero-order valence-corrected chi connectivity index (χ0v) is 9.05. The second-order valence-corrected chi connectivity index (χ2v) is 3.91. The Hall–Kier alpha value is -0.570. The third-order valence-corrected chi connectivity index (χ3v) is 2.13. The maximum Gasteiger partial charge on any atom is 0.306 e. The average Bonchev–Trinajstić information content (AvgIpc) is 2.04. The van der Waals surface area contributed by atoms with Crippen molar-refractivity contribution >= 4 is 5.97 Å². The summed E-state index contributed by atoms with van der Waals surface area (Å²) < 4.78 is 9.73. The number of rotatable bonds is 6. The molecule has 78 valence electrons. The zero-order chi connectivity index (χ0) is 10.3. The van der Waals surface area contributed by atoms with Crippen LogP contribution in [0.1, 0.15) is 33.6 Å². The second kappa shape index (κ2) is 5.97. The highest BCUT2D eigenvalue weighted by molar-refractivity contribution is 5.70. The highest BCUT2D eigenvalue weighted by Crippen LogP contribution is 2.24. The summed E-state index contributed by atoms with van der Waals surface area (Å²) in [6.07, 6.45) is 1.46. The molecule has 0 aromatic heterocycles. The number of esters is 1. The van der Waals surface area contributed by atoms with Crippen molar-refractivity contribution in [3.8, 4) is 0 Å². The standard InChI is InChI=1S/C10H20O3/c1-5-10(2,3)8-9(11)13-7-6-12-4/h5-8H2,1-4H3. The first-order valence-electron chi connectivity index (χ1n) is 4.66. The van der Waals surface area contributed by atoms with Gasteiger partial charge in [-0.2, -0.15) is 0 Å². The van der Waals surface area contributed by atoms with Gasteiger partial charge in [0.2, 0.25) is 0 Å². The van der Waals surface area contributed by atoms with E-state index < -0.39 is 0 Å². The number of ether oxygens (including phenoxy) is 2. The van der Waals surface area contributed by atoms with Crippen molar-refractivity contribution < 1.29 is 14.3 Å². The molecular formula is C10H20O3. The van der Waals surface area contributed by atoms with Gasteiger partial charge >= 0.3 is 5.97 Å². The van der Waals surface area contributed by atoms with Crippen molar-refractivity contribution in [3.05, 3.63) is 0 Å². The predicted molar refractivity (Wildman–Crippen MR) is 51.5 cm³/mol. The van der Waals surface area contributed by atoms with E-state index in [-0.39, 0.29) is 11.4 Å². The van der Waals surface area contributed by atoms with Crippen LogP contribution in [-0.4, -0.2) is 26.3 Å². The highest BCUT2D eigenvalue weighted by Gasteiger charge is 2.20. The summed E-state index contributed by atoms with van der Waals surface area (Å²) in [6, 6.07) is 0. The highest BCUT2D eigenvalue weighted by atomic mass is 16.6. The van der Waals surface area contributed by atoms with Crippen molar-refractivity contribution in [3.63, 3.8) is 0 Å². The smallest absolute Gasteiger partial charge is 0.306 e. The maximum absolute atomic E-state index is 11.2. The van der Waals surface area contributed by atoms with Gasteiger partial charge in [-0.15, -0.1) is 0 Å². The Balaban J connectivity index is 3.62. The lowest BCUT2D eigenvalue weighted by molar-refractivity contribution is -0.147. The molecule has 0 spiro atoms. The first-order chi connectivity index (χ1) is 6.02. The van der Waals surface area contributed by atoms with E-state index in [2.05, 4.69) is 20.8 Å². The van der Waals surface area contributed by atoms with Gasteiger partial charge in [-0.1, -0.05) is 27.2 Å². The summed E-state index contributed by atoms with van der Waals surface area (Å²) in [4.78, 5) is 11.2. The molecule has 0 N–H and O–H groups in total. The Morgan fingerprint density at radius 1 is 1.31 bits per heavy atom. The lowest BCUT2D eigenvalue weighted by atomic mass is 9.87. The number of carbonyl (C=O) groups is 1. The van der Waals surface area contributed by atoms with Crippen LogP contribution in [0.4, 0.5) is 0 Å². The summed E-state index contributed by atoms with van der Waals surface area (Å²) in [5, 5.41) is 0. The fourth-order valence-electron chi connectivity index (χ4n) is 0.806. The summed E-state index contributed by atoms with van der Waals surface area (Å²) >= 11 is 0. The van der Waals surface area contributed by atoms with Crippen LogP contribution in [0.2, 0.25) is 0 Å². The van der Waals surface area contributed by atoms with E-state index in [1.807, 2.05) is 0 Å². The van der Waals surface area contributed by atoms with Crippen LogP contribution in [-0.2, 0) is 14.3 Å². The number of hydrogen-bond donors (Lipinski definition) is 0. The normalized spacial score (nSPS) is 11.4. The fraction of sp³-hybridized carbons (Fsp3) is 0.900. The molecular weight excluding hydrogens is 168 g/mol. The largest absolute Gasteiger partial charge is 0.463 e. The van der Waals surface area contributed by atoms with E-state index in [4.69, 9.17) is 9.47 Å². The van der Waals surface area contributed by atoms with Crippen LogP contribution >= 0.6 is 0 Å². The molecule has 13 heavy (non-hydrogen) atoms. The van der Waals surface area contributed by atoms with Crippen molar-refractivity contribution in [2.45, 2.75) is 33.6 Å². The molecule has 0 radical (unpaired) electrons. The second-order valence-electron chi connectivity index (χ2n) is 3.91. The molecule has 0 heterocycles. The summed E-state index contributed by atoms with van der Waals surface area (Å²) in [7, 11) is 1.59. The molecule has 3 nitrogen and oxygen atoms in total. The van der Waals surface area contributed by atoms with Crippen molar-refractivity contribution in [2.24, 2.45) is 5.41 Å². The van der Waals surface area contributed by atoms with Gasteiger partial charge in [0.1, 0.15) is 6.61 Å². The maximum atomic E-state index is 11.2. The minimum Gasteiger partial charge on any atom is -0.463 e. The van der Waals surface area contributed by atoms with Gasteiger partial charge in [-0.3, -0.25) is 4.79 Å². The summed E-state index contributed by atoms with van der Waals surface area (Å²) in [5.74, 6) is -0.135. The van der Waals surface area contributed by atoms with Crippen molar-refractivity contribution in [1.29, 1.82) is 0 Å². The molecule has 0 unspecified atom stereocenters. The van der Waals surface area contributed by atoms with Crippen LogP contribution in [0, 0.1) is 5.41 Å². The molecule has 0 aromatic carbocycles. The third kappa shape index (κ3) is 6.58. The number of carbonyl (C=O) groups excluding carboxylic acids is 1. The third-order valence-electron chi connectivity index (χ3n) is 2.13. The van der Waals surface area contributed by atoms with Gasteiger partial charge in [0.25, 0.3) is 0 Å². The lowest BCUT2D eigenvalue weighted by Gasteiger charge is -2.20. The topological polar surface area (TPSA) is 35.5 Å². The molecule has 0 saturated carbocycles. The lowest BCUT2D eigenvalue weighted by Crippen LogP contribution is -2.19. The van der Waals surface area contributed by atoms with Crippen LogP contribution in [0.5, 0.6) is 0 Å². The average molecular weight is 188 g/mol. The van der Waals surface area contributed by atoms with Crippen LogP contribution in [0.3, 0.4) is 0 Å². The Kier molecular flexibility index (Phi) is 5.71. The van der Waals surface area contributed by atoms with Gasteiger partial charge in [0, 0.05) is 7.11 Å². The Bertz CT molecular complexity index is 152. The van der Waals surface area contributed by atoms with E-state index in [0.717, 1.165) is 6.42 Å². The molecule has 0 aromatic rings. The molecule has 0 rings (SSSR count). The minimum atomic E-state index is -0.135. The van der Waals surface area contributed by atoms with Gasteiger partial charge in [0.05, 0.1) is 13.0 Å². The van der Waals surface area contributed by atoms with E-state index in [1.165, 1.54) is 0 Å². The monoisotopic (exact) mass is 188 g/mol. The summed E-state index contributed by atoms with van der Waals surface area (Å²) in [6.45, 7) is 7.02. The van der Waals surface area contributed by atoms with Gasteiger partial charge in [0.15, 0.2) is 0 Å². The Morgan fingerprint density at radius 2 is 1.92 bits per heavy atom. The Labute approximate surface area is 80.4 Å². The van der Waals surface area contributed by atoms with E-state index >= 15 is 0 Å². The van der Waals surface area contributed by atoms with Crippen LogP contribution in [0.15, 0.2) is 0 Å². The molecule has 3 heteroatoms. The molecule has 0 fully saturated rings. The number of hydrogen-bond acceptors (Lipinski definition) is 3. The molecule has 0 amide bonds. The first-order valence-corrected chi connectivity index (χ1v) is 4.66. The van der Waals surface area contributed by atoms with Crippen molar-refractivity contribution in [1.82, 2.24) is 0 Å². The molecule has 0 bridgehead atoms. The van der Waals surface area contributed by atoms with Crippen molar-refractivity contribution in [2.75, 3.05) is 20.3 Å². The molecule has 0 saturated heterocycles. The minimum absolute atomic E-state index is 0.0458. The molecule has 0 aliphatic heterocycles. The predicted octanol–water partition coefficient (Wildman–Crippen LogP) is 2.00. The van der Waals surface area contributed by atoms with Crippen LogP contribution in [0.25, 0.3) is 0 Å². The van der Waals surface area contributed by atoms with E-state index in [0.29, 0.717) is 19.6 Å². The molecule has 0 aliphatic carbocycles. The first kappa shape index (κ1) is 12.4. The quantitative estimate of drug-likeness (QED) is 0.472.